The van der Waals surface area contributed by atoms with E-state index in [1.54, 1.807) is 34.4 Å². The number of ether oxygens (including phenoxy) is 6. The topological polar surface area (TPSA) is 94.5 Å². The van der Waals surface area contributed by atoms with Crippen molar-refractivity contribution in [1.82, 2.24) is 4.57 Å². The molecule has 0 N–H and O–H groups in total. The molecule has 0 amide bonds. The van der Waals surface area contributed by atoms with E-state index >= 15 is 0 Å². The highest BCUT2D eigenvalue weighted by atomic mass is 16.5. The summed E-state index contributed by atoms with van der Waals surface area (Å²) in [6, 6.07) is 5.32. The van der Waals surface area contributed by atoms with Crippen molar-refractivity contribution in [2.75, 3.05) is 61.0 Å². The number of pyridine rings is 1. The summed E-state index contributed by atoms with van der Waals surface area (Å²) >= 11 is 0. The molecule has 1 saturated heterocycles. The first-order valence-electron chi connectivity index (χ1n) is 12.5. The van der Waals surface area contributed by atoms with Gasteiger partial charge in [0.25, 0.3) is 0 Å². The SMILES string of the molecule is CCOC(=O)c1cn2c(cc1=O)-c1cc(OC)c(OCC3(COC)COC3)cc1CC2C(C)(C)COC. The Bertz CT molecular complexity index is 1200. The first-order chi connectivity index (χ1) is 17.7. The summed E-state index contributed by atoms with van der Waals surface area (Å²) in [4.78, 5) is 25.6. The summed E-state index contributed by atoms with van der Waals surface area (Å²) in [5.74, 6) is 0.573. The van der Waals surface area contributed by atoms with Crippen LogP contribution in [0.3, 0.4) is 0 Å². The van der Waals surface area contributed by atoms with E-state index in [-0.39, 0.29) is 34.5 Å². The van der Waals surface area contributed by atoms with Gasteiger partial charge < -0.3 is 33.0 Å². The molecule has 0 spiro atoms. The molecule has 0 bridgehead atoms. The minimum Gasteiger partial charge on any atom is -0.493 e. The molecular formula is C28H37NO8. The highest BCUT2D eigenvalue weighted by Gasteiger charge is 2.41. The molecule has 1 aromatic heterocycles. The van der Waals surface area contributed by atoms with Crippen LogP contribution in [0.5, 0.6) is 11.5 Å². The van der Waals surface area contributed by atoms with E-state index < -0.39 is 5.97 Å². The molecule has 1 unspecified atom stereocenters. The number of rotatable bonds is 11. The summed E-state index contributed by atoms with van der Waals surface area (Å²) in [5.41, 5.74) is 1.74. The Balaban J connectivity index is 1.80. The quantitative estimate of drug-likeness (QED) is 0.420. The Morgan fingerprint density at radius 3 is 2.46 bits per heavy atom. The van der Waals surface area contributed by atoms with E-state index in [1.165, 1.54) is 6.07 Å². The summed E-state index contributed by atoms with van der Waals surface area (Å²) in [7, 11) is 4.94. The van der Waals surface area contributed by atoms with Gasteiger partial charge in [0.05, 0.1) is 51.3 Å². The van der Waals surface area contributed by atoms with Crippen molar-refractivity contribution < 1.29 is 33.2 Å². The zero-order chi connectivity index (χ0) is 26.8. The van der Waals surface area contributed by atoms with Gasteiger partial charge in [0, 0.05) is 43.5 Å². The van der Waals surface area contributed by atoms with Crippen molar-refractivity contribution in [1.29, 1.82) is 0 Å². The molecular weight excluding hydrogens is 478 g/mol. The summed E-state index contributed by atoms with van der Waals surface area (Å²) in [6.07, 6.45) is 2.28. The van der Waals surface area contributed by atoms with E-state index in [9.17, 15) is 9.59 Å². The van der Waals surface area contributed by atoms with Crippen LogP contribution in [-0.2, 0) is 25.4 Å². The van der Waals surface area contributed by atoms with Gasteiger partial charge in [-0.2, -0.15) is 0 Å². The number of nitrogens with zero attached hydrogens (tertiary/aromatic N) is 1. The fourth-order valence-electron chi connectivity index (χ4n) is 5.23. The van der Waals surface area contributed by atoms with Crippen LogP contribution in [0, 0.1) is 10.8 Å². The van der Waals surface area contributed by atoms with Gasteiger partial charge in [0.2, 0.25) is 0 Å². The predicted octanol–water partition coefficient (Wildman–Crippen LogP) is 3.51. The maximum atomic E-state index is 13.0. The largest absolute Gasteiger partial charge is 0.493 e. The van der Waals surface area contributed by atoms with Crippen LogP contribution in [0.4, 0.5) is 0 Å². The molecule has 2 aliphatic rings. The molecule has 2 aromatic rings. The van der Waals surface area contributed by atoms with Crippen LogP contribution in [0.25, 0.3) is 11.3 Å². The number of aromatic nitrogens is 1. The number of hydrogen-bond donors (Lipinski definition) is 0. The third kappa shape index (κ3) is 5.26. The third-order valence-electron chi connectivity index (χ3n) is 7.21. The Labute approximate surface area is 217 Å². The highest BCUT2D eigenvalue weighted by Crippen LogP contribution is 2.46. The average molecular weight is 516 g/mol. The lowest BCUT2D eigenvalue weighted by molar-refractivity contribution is -0.159. The van der Waals surface area contributed by atoms with Crippen LogP contribution in [0.2, 0.25) is 0 Å². The Kier molecular flexibility index (Phi) is 7.96. The fourth-order valence-corrected chi connectivity index (χ4v) is 5.23. The van der Waals surface area contributed by atoms with Gasteiger partial charge in [-0.15, -0.1) is 0 Å². The van der Waals surface area contributed by atoms with Gasteiger partial charge in [-0.1, -0.05) is 13.8 Å². The van der Waals surface area contributed by atoms with Crippen molar-refractivity contribution in [3.63, 3.8) is 0 Å². The molecule has 9 heteroatoms. The number of fused-ring (bicyclic) bond motifs is 3. The lowest BCUT2D eigenvalue weighted by Gasteiger charge is -2.41. The second-order valence-electron chi connectivity index (χ2n) is 10.6. The summed E-state index contributed by atoms with van der Waals surface area (Å²) in [5, 5.41) is 0. The normalized spacial score (nSPS) is 17.8. The second-order valence-corrected chi connectivity index (χ2v) is 10.6. The molecule has 37 heavy (non-hydrogen) atoms. The molecule has 9 nitrogen and oxygen atoms in total. The van der Waals surface area contributed by atoms with Crippen LogP contribution < -0.4 is 14.9 Å². The minimum atomic E-state index is -0.622. The Morgan fingerprint density at radius 1 is 1.11 bits per heavy atom. The van der Waals surface area contributed by atoms with Gasteiger partial charge in [-0.3, -0.25) is 4.79 Å². The second kappa shape index (κ2) is 10.8. The Hall–Kier alpha value is -2.88. The summed E-state index contributed by atoms with van der Waals surface area (Å²) in [6.45, 7) is 8.79. The standard InChI is InChI=1S/C28H37NO8/c1-7-36-26(31)20-12-29-21(11-22(20)30)19-10-23(34-6)24(37-17-28(14-33-5)15-35-16-28)8-18(19)9-25(29)27(2,3)13-32-4/h8,10-12,25H,7,9,13-17H2,1-6H3. The number of methoxy groups -OCH3 is 3. The third-order valence-corrected chi connectivity index (χ3v) is 7.21. The van der Waals surface area contributed by atoms with Crippen LogP contribution in [0.15, 0.2) is 29.2 Å². The van der Waals surface area contributed by atoms with Crippen LogP contribution >= 0.6 is 0 Å². The van der Waals surface area contributed by atoms with E-state index in [2.05, 4.69) is 13.8 Å². The first-order valence-corrected chi connectivity index (χ1v) is 12.5. The predicted molar refractivity (Wildman–Crippen MR) is 138 cm³/mol. The maximum absolute atomic E-state index is 13.0. The number of esters is 1. The molecule has 1 aromatic carbocycles. The first kappa shape index (κ1) is 27.2. The molecule has 202 valence electrons. The van der Waals surface area contributed by atoms with Gasteiger partial charge >= 0.3 is 5.97 Å². The molecule has 1 fully saturated rings. The van der Waals surface area contributed by atoms with E-state index in [1.807, 2.05) is 16.7 Å². The van der Waals surface area contributed by atoms with Crippen LogP contribution in [-0.4, -0.2) is 71.5 Å². The lowest BCUT2D eigenvalue weighted by atomic mass is 9.77. The molecule has 3 heterocycles. The Morgan fingerprint density at radius 2 is 1.86 bits per heavy atom. The van der Waals surface area contributed by atoms with E-state index in [4.69, 9.17) is 28.4 Å². The maximum Gasteiger partial charge on any atom is 0.343 e. The molecule has 0 saturated carbocycles. The van der Waals surface area contributed by atoms with Crippen LogP contribution in [0.1, 0.15) is 42.7 Å². The minimum absolute atomic E-state index is 0.0188. The van der Waals surface area contributed by atoms with Gasteiger partial charge in [-0.05, 0) is 31.0 Å². The molecule has 0 radical (unpaired) electrons. The van der Waals surface area contributed by atoms with Crippen molar-refractivity contribution in [3.8, 4) is 22.8 Å². The average Bonchev–Trinajstić information content (AvgIpc) is 2.84. The highest BCUT2D eigenvalue weighted by molar-refractivity contribution is 5.89. The molecule has 2 aliphatic heterocycles. The summed E-state index contributed by atoms with van der Waals surface area (Å²) < 4.78 is 35.5. The lowest BCUT2D eigenvalue weighted by Crippen LogP contribution is -2.50. The number of carbonyl (C=O) groups is 1. The molecule has 0 aliphatic carbocycles. The molecule has 4 rings (SSSR count). The van der Waals surface area contributed by atoms with E-state index in [0.29, 0.717) is 56.6 Å². The number of carbonyl (C=O) groups excluding carboxylic acids is 1. The van der Waals surface area contributed by atoms with Crippen molar-refractivity contribution in [2.45, 2.75) is 33.2 Å². The molecule has 1 atom stereocenters. The number of hydrogen-bond acceptors (Lipinski definition) is 8. The van der Waals surface area contributed by atoms with Gasteiger partial charge in [-0.25, -0.2) is 4.79 Å². The van der Waals surface area contributed by atoms with E-state index in [0.717, 1.165) is 11.1 Å². The van der Waals surface area contributed by atoms with Gasteiger partial charge in [0.15, 0.2) is 16.9 Å². The number of benzene rings is 1. The monoisotopic (exact) mass is 515 g/mol. The zero-order valence-electron chi connectivity index (χ0n) is 22.5. The zero-order valence-corrected chi connectivity index (χ0v) is 22.5. The van der Waals surface area contributed by atoms with Crippen molar-refractivity contribution >= 4 is 5.97 Å². The fraction of sp³-hybridized carbons (Fsp3) is 0.571. The van der Waals surface area contributed by atoms with Gasteiger partial charge in [0.1, 0.15) is 12.2 Å². The van der Waals surface area contributed by atoms with Crippen molar-refractivity contribution in [3.05, 3.63) is 45.7 Å². The van der Waals surface area contributed by atoms with Crippen molar-refractivity contribution in [2.24, 2.45) is 10.8 Å². The smallest absolute Gasteiger partial charge is 0.343 e.